The van der Waals surface area contributed by atoms with Crippen LogP contribution in [0.25, 0.3) is 0 Å². The van der Waals surface area contributed by atoms with Gasteiger partial charge in [-0.1, -0.05) is 54.6 Å². The Hall–Kier alpha value is -3.89. The molecule has 4 rings (SSSR count). The number of Topliss-reactive ketones (excluding diaryl/α,β-unsaturated/α-hetero) is 1. The molecule has 0 bridgehead atoms. The number of benzene rings is 3. The van der Waals surface area contributed by atoms with Gasteiger partial charge < -0.3 is 14.6 Å². The third-order valence-corrected chi connectivity index (χ3v) is 11.3. The maximum atomic E-state index is 12.9. The number of aromatic nitrogens is 1. The second-order valence-corrected chi connectivity index (χ2v) is 12.6. The number of methoxy groups -OCH3 is 2. The van der Waals surface area contributed by atoms with E-state index in [-0.39, 0.29) is 23.6 Å². The largest absolute Gasteiger partial charge is 0.503 e. The highest BCUT2D eigenvalue weighted by Crippen LogP contribution is 2.56. The Kier molecular flexibility index (Phi) is 8.98. The van der Waals surface area contributed by atoms with Crippen molar-refractivity contribution < 1.29 is 19.4 Å². The van der Waals surface area contributed by atoms with Gasteiger partial charge in [-0.3, -0.25) is 14.6 Å². The SMILES string of the molecule is COc1[nH]c(=O)c(C(=O)CCCCC[P+](c2ccccc2)(c2ccccc2)c2ccccc2)c(O)c1OC. The quantitative estimate of drug-likeness (QED) is 0.156. The van der Waals surface area contributed by atoms with Crippen molar-refractivity contribution in [3.8, 4) is 17.4 Å². The molecule has 0 saturated carbocycles. The van der Waals surface area contributed by atoms with Gasteiger partial charge in [0, 0.05) is 6.42 Å². The lowest BCUT2D eigenvalue weighted by molar-refractivity contribution is 0.0974. The van der Waals surface area contributed by atoms with Crippen molar-refractivity contribution in [3.05, 3.63) is 107 Å². The number of ether oxygens (including phenoxy) is 2. The maximum Gasteiger partial charge on any atom is 0.265 e. The van der Waals surface area contributed by atoms with Crippen LogP contribution < -0.4 is 30.9 Å². The van der Waals surface area contributed by atoms with Gasteiger partial charge in [-0.05, 0) is 55.7 Å². The van der Waals surface area contributed by atoms with Gasteiger partial charge in [-0.2, -0.15) is 0 Å². The molecule has 38 heavy (non-hydrogen) atoms. The summed E-state index contributed by atoms with van der Waals surface area (Å²) in [4.78, 5) is 27.8. The number of unbranched alkanes of at least 4 members (excludes halogenated alkanes) is 2. The number of pyridine rings is 1. The van der Waals surface area contributed by atoms with Crippen LogP contribution in [0.3, 0.4) is 0 Å². The van der Waals surface area contributed by atoms with Gasteiger partial charge in [0.2, 0.25) is 11.6 Å². The predicted octanol–water partition coefficient (Wildman–Crippen LogP) is 4.83. The van der Waals surface area contributed by atoms with Crippen molar-refractivity contribution in [2.45, 2.75) is 25.7 Å². The first-order valence-corrected chi connectivity index (χ1v) is 14.7. The summed E-state index contributed by atoms with van der Waals surface area (Å²) < 4.78 is 10.2. The van der Waals surface area contributed by atoms with E-state index < -0.39 is 24.4 Å². The maximum absolute atomic E-state index is 12.9. The average Bonchev–Trinajstić information content (AvgIpc) is 2.96. The number of rotatable bonds is 12. The van der Waals surface area contributed by atoms with E-state index >= 15 is 0 Å². The first-order chi connectivity index (χ1) is 18.5. The molecule has 0 aliphatic carbocycles. The fraction of sp³-hybridized carbons (Fsp3) is 0.226. The molecule has 6 nitrogen and oxygen atoms in total. The molecule has 0 spiro atoms. The minimum absolute atomic E-state index is 0.0189. The van der Waals surface area contributed by atoms with Gasteiger partial charge >= 0.3 is 0 Å². The lowest BCUT2D eigenvalue weighted by Gasteiger charge is -2.27. The van der Waals surface area contributed by atoms with E-state index in [1.165, 1.54) is 30.1 Å². The Morgan fingerprint density at radius 1 is 0.763 bits per heavy atom. The van der Waals surface area contributed by atoms with Crippen LogP contribution in [-0.4, -0.2) is 36.3 Å². The summed E-state index contributed by atoms with van der Waals surface area (Å²) in [5, 5.41) is 14.5. The summed E-state index contributed by atoms with van der Waals surface area (Å²) in [5.74, 6) is -0.978. The molecule has 0 aliphatic rings. The molecule has 1 heterocycles. The summed E-state index contributed by atoms with van der Waals surface area (Å²) in [6.07, 6.45) is 3.44. The molecule has 3 aromatic carbocycles. The van der Waals surface area contributed by atoms with Crippen LogP contribution in [0.5, 0.6) is 17.4 Å². The Bertz CT molecular complexity index is 1310. The van der Waals surface area contributed by atoms with E-state index in [9.17, 15) is 14.7 Å². The van der Waals surface area contributed by atoms with Gasteiger partial charge in [-0.25, -0.2) is 0 Å². The van der Waals surface area contributed by atoms with Crippen LogP contribution in [0.4, 0.5) is 0 Å². The van der Waals surface area contributed by atoms with E-state index in [1.807, 2.05) is 18.2 Å². The molecule has 1 aromatic heterocycles. The Balaban J connectivity index is 1.54. The number of carbonyl (C=O) groups excluding carboxylic acids is 1. The van der Waals surface area contributed by atoms with E-state index in [0.29, 0.717) is 6.42 Å². The van der Waals surface area contributed by atoms with E-state index in [4.69, 9.17) is 9.47 Å². The number of aromatic hydroxyl groups is 1. The monoisotopic (exact) mass is 530 g/mol. The van der Waals surface area contributed by atoms with Crippen molar-refractivity contribution in [2.75, 3.05) is 20.4 Å². The molecular formula is C31H33NO5P+. The number of hydrogen-bond acceptors (Lipinski definition) is 5. The molecule has 0 atom stereocenters. The standard InChI is InChI=1S/C31H32NO5P/c1-36-29-28(34)27(30(35)32-31(29)37-2)26(33)21-13-6-14-22-38(23-15-7-3-8-16-23,24-17-9-4-10-18-24)25-19-11-5-12-20-25/h3-5,7-12,15-20H,6,13-14,21-22H2,1-2H3,(H-,32,33,34,35)/p+1. The second-order valence-electron chi connectivity index (χ2n) is 9.02. The highest BCUT2D eigenvalue weighted by molar-refractivity contribution is 7.95. The number of carbonyl (C=O) groups is 1. The van der Waals surface area contributed by atoms with Gasteiger partial charge in [0.1, 0.15) is 28.7 Å². The fourth-order valence-corrected chi connectivity index (χ4v) is 9.37. The molecule has 0 unspecified atom stereocenters. The fourth-order valence-electron chi connectivity index (χ4n) is 4.96. The van der Waals surface area contributed by atoms with Crippen LogP contribution in [0, 0.1) is 0 Å². The third-order valence-electron chi connectivity index (χ3n) is 6.79. The summed E-state index contributed by atoms with van der Waals surface area (Å²) in [7, 11) is 0.763. The number of hydrogen-bond donors (Lipinski definition) is 2. The van der Waals surface area contributed by atoms with Crippen LogP contribution in [0.15, 0.2) is 95.8 Å². The van der Waals surface area contributed by atoms with Crippen molar-refractivity contribution in [3.63, 3.8) is 0 Å². The summed E-state index contributed by atoms with van der Waals surface area (Å²) in [6.45, 7) is 0. The molecule has 4 aromatic rings. The zero-order valence-electron chi connectivity index (χ0n) is 21.7. The van der Waals surface area contributed by atoms with Crippen LogP contribution >= 0.6 is 7.26 Å². The van der Waals surface area contributed by atoms with Gasteiger partial charge in [-0.15, -0.1) is 0 Å². The van der Waals surface area contributed by atoms with Gasteiger partial charge in [0.15, 0.2) is 11.5 Å². The minimum atomic E-state index is -1.92. The van der Waals surface area contributed by atoms with Crippen LogP contribution in [0.2, 0.25) is 0 Å². The molecule has 2 N–H and O–H groups in total. The number of H-pyrrole nitrogens is 1. The Morgan fingerprint density at radius 3 is 1.71 bits per heavy atom. The third kappa shape index (κ3) is 5.51. The lowest BCUT2D eigenvalue weighted by Crippen LogP contribution is -2.33. The normalized spacial score (nSPS) is 11.2. The highest BCUT2D eigenvalue weighted by Gasteiger charge is 2.44. The summed E-state index contributed by atoms with van der Waals surface area (Å²) >= 11 is 0. The molecule has 0 fully saturated rings. The van der Waals surface area contributed by atoms with E-state index in [2.05, 4.69) is 77.8 Å². The smallest absolute Gasteiger partial charge is 0.265 e. The number of aromatic amines is 1. The van der Waals surface area contributed by atoms with E-state index in [0.717, 1.165) is 19.0 Å². The van der Waals surface area contributed by atoms with Crippen LogP contribution in [0.1, 0.15) is 36.0 Å². The van der Waals surface area contributed by atoms with Crippen molar-refractivity contribution in [1.82, 2.24) is 4.98 Å². The minimum Gasteiger partial charge on any atom is -0.503 e. The summed E-state index contributed by atoms with van der Waals surface area (Å²) in [5.41, 5.74) is -0.977. The van der Waals surface area contributed by atoms with Crippen molar-refractivity contribution >= 4 is 29.0 Å². The molecule has 0 amide bonds. The molecule has 0 aliphatic heterocycles. The van der Waals surface area contributed by atoms with Gasteiger partial charge in [0.25, 0.3) is 5.56 Å². The molecule has 0 radical (unpaired) electrons. The first kappa shape index (κ1) is 27.2. The number of nitrogens with one attached hydrogen (secondary N) is 1. The zero-order chi connectivity index (χ0) is 27.0. The first-order valence-electron chi connectivity index (χ1n) is 12.7. The average molecular weight is 531 g/mol. The van der Waals surface area contributed by atoms with Crippen molar-refractivity contribution in [2.24, 2.45) is 0 Å². The Labute approximate surface area is 223 Å². The second kappa shape index (κ2) is 12.6. The van der Waals surface area contributed by atoms with Crippen LogP contribution in [-0.2, 0) is 0 Å². The van der Waals surface area contributed by atoms with Gasteiger partial charge in [0.05, 0.1) is 20.4 Å². The molecule has 196 valence electrons. The molecular weight excluding hydrogens is 497 g/mol. The topological polar surface area (TPSA) is 88.6 Å². The number of ketones is 1. The highest BCUT2D eigenvalue weighted by atomic mass is 31.2. The predicted molar refractivity (Wildman–Crippen MR) is 155 cm³/mol. The van der Waals surface area contributed by atoms with Crippen molar-refractivity contribution in [1.29, 1.82) is 0 Å². The zero-order valence-corrected chi connectivity index (χ0v) is 22.6. The lowest BCUT2D eigenvalue weighted by atomic mass is 10.1. The molecule has 0 saturated heterocycles. The summed E-state index contributed by atoms with van der Waals surface area (Å²) in [6, 6.07) is 32.1. The molecule has 7 heteroatoms. The van der Waals surface area contributed by atoms with E-state index in [1.54, 1.807) is 0 Å². The Morgan fingerprint density at radius 2 is 1.26 bits per heavy atom.